The topological polar surface area (TPSA) is 36.3 Å². The third kappa shape index (κ3) is 3.71. The molecule has 1 aliphatic rings. The summed E-state index contributed by atoms with van der Waals surface area (Å²) in [7, 11) is 1.69. The fourth-order valence-corrected chi connectivity index (χ4v) is 2.74. The minimum absolute atomic E-state index is 0.541. The van der Waals surface area contributed by atoms with Crippen molar-refractivity contribution in [3.8, 4) is 11.8 Å². The minimum Gasteiger partial charge on any atom is -0.497 e. The highest BCUT2D eigenvalue weighted by Crippen LogP contribution is 2.25. The van der Waals surface area contributed by atoms with E-state index in [1.807, 2.05) is 12.1 Å². The number of nitriles is 1. The number of hydrogen-bond donors (Lipinski definition) is 0. The van der Waals surface area contributed by atoms with Gasteiger partial charge in [0.2, 0.25) is 0 Å². The molecule has 19 heavy (non-hydrogen) atoms. The standard InChI is InChI=1S/C16H22N2O/c1-13-3-4-15(9-10-17)12-18(13)11-14-5-7-16(19-2)8-6-14/h5-8,13,15H,3-4,9,11-12H2,1-2H3/t13?,15-/m0/s1. The first kappa shape index (κ1) is 13.9. The van der Waals surface area contributed by atoms with Gasteiger partial charge in [0.1, 0.15) is 5.75 Å². The molecular weight excluding hydrogens is 236 g/mol. The van der Waals surface area contributed by atoms with Gasteiger partial charge in [-0.2, -0.15) is 5.26 Å². The molecule has 2 atom stereocenters. The first-order valence-corrected chi connectivity index (χ1v) is 6.97. The first-order valence-electron chi connectivity index (χ1n) is 6.97. The summed E-state index contributed by atoms with van der Waals surface area (Å²) >= 11 is 0. The molecule has 0 aromatic heterocycles. The number of rotatable bonds is 4. The molecular formula is C16H22N2O. The van der Waals surface area contributed by atoms with Crippen LogP contribution < -0.4 is 4.74 Å². The van der Waals surface area contributed by atoms with Crippen LogP contribution in [0, 0.1) is 17.2 Å². The molecule has 1 aliphatic heterocycles. The quantitative estimate of drug-likeness (QED) is 0.832. The molecule has 102 valence electrons. The minimum atomic E-state index is 0.541. The Hall–Kier alpha value is -1.53. The molecule has 0 bridgehead atoms. The van der Waals surface area contributed by atoms with Crippen molar-refractivity contribution in [1.29, 1.82) is 5.26 Å². The molecule has 1 aromatic rings. The van der Waals surface area contributed by atoms with Gasteiger partial charge in [0.05, 0.1) is 13.2 Å². The van der Waals surface area contributed by atoms with Crippen molar-refractivity contribution in [2.75, 3.05) is 13.7 Å². The summed E-state index contributed by atoms with van der Waals surface area (Å²) in [5, 5.41) is 8.84. The van der Waals surface area contributed by atoms with E-state index in [9.17, 15) is 0 Å². The van der Waals surface area contributed by atoms with Gasteiger partial charge in [0.15, 0.2) is 0 Å². The predicted octanol–water partition coefficient (Wildman–Crippen LogP) is 3.21. The summed E-state index contributed by atoms with van der Waals surface area (Å²) in [6.07, 6.45) is 3.07. The Balaban J connectivity index is 1.97. The van der Waals surface area contributed by atoms with Crippen LogP contribution in [-0.4, -0.2) is 24.6 Å². The molecule has 1 aromatic carbocycles. The molecule has 0 saturated carbocycles. The second-order valence-corrected chi connectivity index (χ2v) is 5.43. The fourth-order valence-electron chi connectivity index (χ4n) is 2.74. The number of likely N-dealkylation sites (tertiary alicyclic amines) is 1. The van der Waals surface area contributed by atoms with Crippen LogP contribution in [0.3, 0.4) is 0 Å². The predicted molar refractivity (Wildman–Crippen MR) is 75.8 cm³/mol. The molecule has 1 unspecified atom stereocenters. The lowest BCUT2D eigenvalue weighted by Crippen LogP contribution is -2.41. The van der Waals surface area contributed by atoms with Crippen molar-refractivity contribution in [1.82, 2.24) is 4.90 Å². The third-order valence-electron chi connectivity index (χ3n) is 4.03. The molecule has 3 nitrogen and oxygen atoms in total. The van der Waals surface area contributed by atoms with E-state index in [0.29, 0.717) is 18.4 Å². The molecule has 1 fully saturated rings. The number of methoxy groups -OCH3 is 1. The summed E-state index contributed by atoms with van der Waals surface area (Å²) < 4.78 is 5.18. The monoisotopic (exact) mass is 258 g/mol. The Kier molecular flexibility index (Phi) is 4.81. The molecule has 3 heteroatoms. The van der Waals surface area contributed by atoms with E-state index < -0.39 is 0 Å². The van der Waals surface area contributed by atoms with Crippen molar-refractivity contribution in [2.45, 2.75) is 38.8 Å². The summed E-state index contributed by atoms with van der Waals surface area (Å²) in [4.78, 5) is 2.49. The fraction of sp³-hybridized carbons (Fsp3) is 0.562. The zero-order valence-electron chi connectivity index (χ0n) is 11.8. The number of nitrogens with zero attached hydrogens (tertiary/aromatic N) is 2. The average molecular weight is 258 g/mol. The van der Waals surface area contributed by atoms with Crippen LogP contribution in [0.4, 0.5) is 0 Å². The van der Waals surface area contributed by atoms with E-state index in [4.69, 9.17) is 10.00 Å². The molecule has 1 saturated heterocycles. The van der Waals surface area contributed by atoms with Gasteiger partial charge in [-0.15, -0.1) is 0 Å². The lowest BCUT2D eigenvalue weighted by molar-refractivity contribution is 0.112. The SMILES string of the molecule is COc1ccc(CN2C[C@H](CC#N)CCC2C)cc1. The Bertz CT molecular complexity index is 435. The van der Waals surface area contributed by atoms with Gasteiger partial charge in [-0.25, -0.2) is 0 Å². The highest BCUT2D eigenvalue weighted by Gasteiger charge is 2.25. The van der Waals surface area contributed by atoms with Crippen LogP contribution in [0.5, 0.6) is 5.75 Å². The van der Waals surface area contributed by atoms with Crippen LogP contribution in [0.1, 0.15) is 31.7 Å². The molecule has 0 amide bonds. The number of piperidine rings is 1. The molecule has 2 rings (SSSR count). The Labute approximate surface area is 115 Å². The summed E-state index contributed by atoms with van der Waals surface area (Å²) in [6.45, 7) is 4.29. The van der Waals surface area contributed by atoms with E-state index in [1.165, 1.54) is 18.4 Å². The van der Waals surface area contributed by atoms with Crippen molar-refractivity contribution >= 4 is 0 Å². The van der Waals surface area contributed by atoms with Crippen molar-refractivity contribution < 1.29 is 4.74 Å². The van der Waals surface area contributed by atoms with Crippen LogP contribution in [-0.2, 0) is 6.54 Å². The van der Waals surface area contributed by atoms with Crippen LogP contribution >= 0.6 is 0 Å². The van der Waals surface area contributed by atoms with E-state index in [-0.39, 0.29) is 0 Å². The zero-order chi connectivity index (χ0) is 13.7. The highest BCUT2D eigenvalue weighted by molar-refractivity contribution is 5.27. The zero-order valence-corrected chi connectivity index (χ0v) is 11.8. The highest BCUT2D eigenvalue weighted by atomic mass is 16.5. The van der Waals surface area contributed by atoms with Gasteiger partial charge in [-0.05, 0) is 43.4 Å². The Morgan fingerprint density at radius 1 is 1.32 bits per heavy atom. The van der Waals surface area contributed by atoms with Crippen molar-refractivity contribution in [2.24, 2.45) is 5.92 Å². The second kappa shape index (κ2) is 6.58. The molecule has 1 heterocycles. The van der Waals surface area contributed by atoms with Crippen molar-refractivity contribution in [3.63, 3.8) is 0 Å². The number of benzene rings is 1. The Morgan fingerprint density at radius 3 is 2.68 bits per heavy atom. The third-order valence-corrected chi connectivity index (χ3v) is 4.03. The molecule has 0 radical (unpaired) electrons. The summed E-state index contributed by atoms with van der Waals surface area (Å²) in [5.74, 6) is 1.44. The molecule has 0 spiro atoms. The van der Waals surface area contributed by atoms with Gasteiger partial charge in [0.25, 0.3) is 0 Å². The smallest absolute Gasteiger partial charge is 0.118 e. The van der Waals surface area contributed by atoms with Crippen molar-refractivity contribution in [3.05, 3.63) is 29.8 Å². The average Bonchev–Trinajstić information content (AvgIpc) is 2.44. The van der Waals surface area contributed by atoms with E-state index in [1.54, 1.807) is 7.11 Å². The lowest BCUT2D eigenvalue weighted by atomic mass is 9.91. The lowest BCUT2D eigenvalue weighted by Gasteiger charge is -2.37. The van der Waals surface area contributed by atoms with Gasteiger partial charge in [-0.1, -0.05) is 12.1 Å². The summed E-state index contributed by atoms with van der Waals surface area (Å²) in [6, 6.07) is 11.2. The maximum atomic E-state index is 8.84. The second-order valence-electron chi connectivity index (χ2n) is 5.43. The summed E-state index contributed by atoms with van der Waals surface area (Å²) in [5.41, 5.74) is 1.31. The largest absolute Gasteiger partial charge is 0.497 e. The van der Waals surface area contributed by atoms with Crippen LogP contribution in [0.25, 0.3) is 0 Å². The molecule has 0 aliphatic carbocycles. The van der Waals surface area contributed by atoms with Gasteiger partial charge in [-0.3, -0.25) is 4.90 Å². The van der Waals surface area contributed by atoms with Gasteiger partial charge in [0, 0.05) is 25.6 Å². The maximum Gasteiger partial charge on any atom is 0.118 e. The van der Waals surface area contributed by atoms with Gasteiger partial charge >= 0.3 is 0 Å². The number of ether oxygens (including phenoxy) is 1. The van der Waals surface area contributed by atoms with Crippen LogP contribution in [0.15, 0.2) is 24.3 Å². The van der Waals surface area contributed by atoms with Gasteiger partial charge < -0.3 is 4.74 Å². The number of hydrogen-bond acceptors (Lipinski definition) is 3. The Morgan fingerprint density at radius 2 is 2.05 bits per heavy atom. The van der Waals surface area contributed by atoms with E-state index in [2.05, 4.69) is 30.0 Å². The maximum absolute atomic E-state index is 8.84. The van der Waals surface area contributed by atoms with Crippen LogP contribution in [0.2, 0.25) is 0 Å². The van der Waals surface area contributed by atoms with E-state index in [0.717, 1.165) is 18.8 Å². The van der Waals surface area contributed by atoms with E-state index >= 15 is 0 Å². The normalized spacial score (nSPS) is 23.8. The molecule has 0 N–H and O–H groups in total. The first-order chi connectivity index (χ1) is 9.22.